The number of Topliss-reactive ketones (excluding diaryl/α,β-unsaturated/α-hetero) is 1. The number of benzene rings is 1. The lowest BCUT2D eigenvalue weighted by molar-refractivity contribution is 0.101. The van der Waals surface area contributed by atoms with E-state index in [2.05, 4.69) is 15.6 Å². The van der Waals surface area contributed by atoms with Gasteiger partial charge < -0.3 is 10.6 Å². The Bertz CT molecular complexity index is 641. The van der Waals surface area contributed by atoms with Gasteiger partial charge in [-0.15, -0.1) is 0 Å². The fourth-order valence-electron chi connectivity index (χ4n) is 1.56. The predicted octanol–water partition coefficient (Wildman–Crippen LogP) is 3.58. The highest BCUT2D eigenvalue weighted by atomic mass is 35.5. The van der Waals surface area contributed by atoms with Crippen LogP contribution in [0.1, 0.15) is 17.3 Å². The molecule has 0 fully saturated rings. The normalized spacial score (nSPS) is 9.90. The largest absolute Gasteiger partial charge is 0.323 e. The van der Waals surface area contributed by atoms with E-state index in [1.165, 1.54) is 13.1 Å². The molecule has 2 N–H and O–H groups in total. The van der Waals surface area contributed by atoms with E-state index in [1.54, 1.807) is 36.4 Å². The molecule has 0 aliphatic rings. The Balaban J connectivity index is 1.99. The molecular formula is C14H12ClN3O2. The van der Waals surface area contributed by atoms with Gasteiger partial charge in [-0.05, 0) is 43.3 Å². The highest BCUT2D eigenvalue weighted by molar-refractivity contribution is 6.29. The first-order valence-corrected chi connectivity index (χ1v) is 6.23. The van der Waals surface area contributed by atoms with E-state index >= 15 is 0 Å². The van der Waals surface area contributed by atoms with Crippen LogP contribution in [0.3, 0.4) is 0 Å². The van der Waals surface area contributed by atoms with Crippen LogP contribution in [0.2, 0.25) is 5.15 Å². The first kappa shape index (κ1) is 14.0. The number of hydrogen-bond acceptors (Lipinski definition) is 3. The molecule has 0 bridgehead atoms. The Morgan fingerprint density at radius 3 is 2.30 bits per heavy atom. The summed E-state index contributed by atoms with van der Waals surface area (Å²) in [7, 11) is 0. The van der Waals surface area contributed by atoms with E-state index in [4.69, 9.17) is 11.6 Å². The minimum atomic E-state index is -0.400. The second kappa shape index (κ2) is 6.16. The van der Waals surface area contributed by atoms with Crippen molar-refractivity contribution in [2.45, 2.75) is 6.92 Å². The molecule has 0 aliphatic heterocycles. The fraction of sp³-hybridized carbons (Fsp3) is 0.0714. The molecule has 1 aromatic heterocycles. The number of halogens is 1. The van der Waals surface area contributed by atoms with Crippen molar-refractivity contribution >= 4 is 34.8 Å². The van der Waals surface area contributed by atoms with Gasteiger partial charge in [0.05, 0.1) is 0 Å². The third-order valence-corrected chi connectivity index (χ3v) is 2.74. The average molecular weight is 290 g/mol. The van der Waals surface area contributed by atoms with Crippen LogP contribution in [-0.2, 0) is 0 Å². The van der Waals surface area contributed by atoms with Gasteiger partial charge in [0.2, 0.25) is 0 Å². The van der Waals surface area contributed by atoms with Gasteiger partial charge in [0.25, 0.3) is 0 Å². The monoisotopic (exact) mass is 289 g/mol. The Kier molecular flexibility index (Phi) is 4.32. The number of carbonyl (C=O) groups is 2. The third-order valence-electron chi connectivity index (χ3n) is 2.53. The van der Waals surface area contributed by atoms with Gasteiger partial charge >= 0.3 is 6.03 Å². The van der Waals surface area contributed by atoms with Crippen LogP contribution in [-0.4, -0.2) is 16.8 Å². The van der Waals surface area contributed by atoms with Gasteiger partial charge in [0.15, 0.2) is 5.78 Å². The van der Waals surface area contributed by atoms with E-state index in [9.17, 15) is 9.59 Å². The molecule has 1 aromatic carbocycles. The van der Waals surface area contributed by atoms with Gasteiger partial charge in [-0.2, -0.15) is 0 Å². The molecule has 5 nitrogen and oxygen atoms in total. The Hall–Kier alpha value is -2.40. The number of ketones is 1. The quantitative estimate of drug-likeness (QED) is 0.670. The molecular weight excluding hydrogens is 278 g/mol. The predicted molar refractivity (Wildman–Crippen MR) is 78.3 cm³/mol. The van der Waals surface area contributed by atoms with Gasteiger partial charge in [0, 0.05) is 23.1 Å². The number of amides is 2. The van der Waals surface area contributed by atoms with Crippen LogP contribution in [0.4, 0.5) is 16.2 Å². The van der Waals surface area contributed by atoms with Crippen LogP contribution in [0.5, 0.6) is 0 Å². The summed E-state index contributed by atoms with van der Waals surface area (Å²) in [6.45, 7) is 1.49. The molecule has 0 saturated carbocycles. The van der Waals surface area contributed by atoms with Gasteiger partial charge in [-0.1, -0.05) is 11.6 Å². The molecule has 6 heteroatoms. The van der Waals surface area contributed by atoms with Crippen LogP contribution >= 0.6 is 11.6 Å². The number of anilines is 2. The van der Waals surface area contributed by atoms with Crippen LogP contribution in [0, 0.1) is 0 Å². The second-order valence-corrected chi connectivity index (χ2v) is 4.47. The molecule has 0 aliphatic carbocycles. The average Bonchev–Trinajstić information content (AvgIpc) is 2.39. The number of aromatic nitrogens is 1. The minimum Gasteiger partial charge on any atom is -0.308 e. The Morgan fingerprint density at radius 1 is 1.05 bits per heavy atom. The number of rotatable bonds is 3. The zero-order valence-electron chi connectivity index (χ0n) is 10.7. The maximum Gasteiger partial charge on any atom is 0.323 e. The van der Waals surface area contributed by atoms with Crippen LogP contribution < -0.4 is 10.6 Å². The molecule has 0 saturated heterocycles. The van der Waals surface area contributed by atoms with Crippen molar-refractivity contribution < 1.29 is 9.59 Å². The SMILES string of the molecule is CC(=O)c1ccc(NC(=O)Nc2ccnc(Cl)c2)cc1. The zero-order valence-corrected chi connectivity index (χ0v) is 11.4. The van der Waals surface area contributed by atoms with Gasteiger partial charge in [-0.3, -0.25) is 4.79 Å². The zero-order chi connectivity index (χ0) is 14.5. The number of nitrogens with one attached hydrogen (secondary N) is 2. The standard InChI is InChI=1S/C14H12ClN3O2/c1-9(19)10-2-4-11(5-3-10)17-14(20)18-12-6-7-16-13(15)8-12/h2-8H,1H3,(H2,16,17,18,20). The minimum absolute atomic E-state index is 0.0209. The second-order valence-electron chi connectivity index (χ2n) is 4.08. The third kappa shape index (κ3) is 3.80. The van der Waals surface area contributed by atoms with Gasteiger partial charge in [0.1, 0.15) is 5.15 Å². The van der Waals surface area contributed by atoms with E-state index in [1.807, 2.05) is 0 Å². The molecule has 0 unspecified atom stereocenters. The number of nitrogens with zero attached hydrogens (tertiary/aromatic N) is 1. The molecule has 2 aromatic rings. The Morgan fingerprint density at radius 2 is 1.70 bits per heavy atom. The van der Waals surface area contributed by atoms with Crippen molar-refractivity contribution in [2.75, 3.05) is 10.6 Å². The number of pyridine rings is 1. The number of urea groups is 1. The lowest BCUT2D eigenvalue weighted by Crippen LogP contribution is -2.19. The summed E-state index contributed by atoms with van der Waals surface area (Å²) in [5, 5.41) is 5.58. The maximum atomic E-state index is 11.8. The summed E-state index contributed by atoms with van der Waals surface area (Å²) in [5.74, 6) is -0.0209. The smallest absolute Gasteiger partial charge is 0.308 e. The van der Waals surface area contributed by atoms with Crippen molar-refractivity contribution in [3.63, 3.8) is 0 Å². The molecule has 20 heavy (non-hydrogen) atoms. The lowest BCUT2D eigenvalue weighted by Gasteiger charge is -2.08. The van der Waals surface area contributed by atoms with Crippen molar-refractivity contribution in [1.82, 2.24) is 4.98 Å². The summed E-state index contributed by atoms with van der Waals surface area (Å²) in [6, 6.07) is 9.40. The first-order chi connectivity index (χ1) is 9.54. The molecule has 0 spiro atoms. The lowest BCUT2D eigenvalue weighted by atomic mass is 10.1. The van der Waals surface area contributed by atoms with Crippen molar-refractivity contribution in [2.24, 2.45) is 0 Å². The maximum absolute atomic E-state index is 11.8. The molecule has 0 radical (unpaired) electrons. The molecule has 102 valence electrons. The fourth-order valence-corrected chi connectivity index (χ4v) is 1.74. The molecule has 0 atom stereocenters. The van der Waals surface area contributed by atoms with E-state index in [-0.39, 0.29) is 5.78 Å². The van der Waals surface area contributed by atoms with E-state index in [0.717, 1.165) is 0 Å². The van der Waals surface area contributed by atoms with Crippen molar-refractivity contribution in [3.05, 3.63) is 53.3 Å². The summed E-state index contributed by atoms with van der Waals surface area (Å²) < 4.78 is 0. The number of hydrogen-bond donors (Lipinski definition) is 2. The highest BCUT2D eigenvalue weighted by Gasteiger charge is 2.04. The van der Waals surface area contributed by atoms with Crippen molar-refractivity contribution in [1.29, 1.82) is 0 Å². The van der Waals surface area contributed by atoms with Crippen molar-refractivity contribution in [3.8, 4) is 0 Å². The number of carbonyl (C=O) groups excluding carboxylic acids is 2. The van der Waals surface area contributed by atoms with E-state index < -0.39 is 6.03 Å². The topological polar surface area (TPSA) is 71.1 Å². The molecule has 2 amide bonds. The van der Waals surface area contributed by atoms with Crippen LogP contribution in [0.25, 0.3) is 0 Å². The van der Waals surface area contributed by atoms with E-state index in [0.29, 0.717) is 22.1 Å². The first-order valence-electron chi connectivity index (χ1n) is 5.85. The highest BCUT2D eigenvalue weighted by Crippen LogP contribution is 2.13. The summed E-state index contributed by atoms with van der Waals surface area (Å²) in [4.78, 5) is 26.7. The molecule has 2 rings (SSSR count). The Labute approximate surface area is 121 Å². The summed E-state index contributed by atoms with van der Waals surface area (Å²) in [6.07, 6.45) is 1.50. The van der Waals surface area contributed by atoms with Gasteiger partial charge in [-0.25, -0.2) is 9.78 Å². The van der Waals surface area contributed by atoms with Crippen LogP contribution in [0.15, 0.2) is 42.6 Å². The molecule has 1 heterocycles. The summed E-state index contributed by atoms with van der Waals surface area (Å²) >= 11 is 5.72. The summed E-state index contributed by atoms with van der Waals surface area (Å²) in [5.41, 5.74) is 1.73.